The van der Waals surface area contributed by atoms with Gasteiger partial charge in [0, 0.05) is 11.0 Å². The summed E-state index contributed by atoms with van der Waals surface area (Å²) < 4.78 is 0. The Labute approximate surface area is 115 Å². The minimum Gasteiger partial charge on any atom is -0.294 e. The number of rotatable bonds is 2. The van der Waals surface area contributed by atoms with Crippen LogP contribution in [0.5, 0.6) is 0 Å². The first-order chi connectivity index (χ1) is 8.92. The SMILES string of the molecule is CC1(C)[C@@H]2C[C@H]1[C@@]1(C)C[C@@]1(C(=O)c1ccccc1)C2. The number of carbonyl (C=O) groups is 1. The van der Waals surface area contributed by atoms with E-state index in [4.69, 9.17) is 0 Å². The van der Waals surface area contributed by atoms with Gasteiger partial charge in [-0.2, -0.15) is 0 Å². The van der Waals surface area contributed by atoms with E-state index in [1.54, 1.807) is 0 Å². The molecule has 1 nitrogen and oxygen atoms in total. The first-order valence-corrected chi connectivity index (χ1v) is 7.52. The third kappa shape index (κ3) is 1.16. The van der Waals surface area contributed by atoms with Gasteiger partial charge in [-0.1, -0.05) is 51.1 Å². The van der Waals surface area contributed by atoms with Crippen LogP contribution in [0.1, 0.15) is 50.4 Å². The Kier molecular flexibility index (Phi) is 1.93. The molecule has 4 aliphatic carbocycles. The monoisotopic (exact) mass is 254 g/mol. The summed E-state index contributed by atoms with van der Waals surface area (Å²) in [4.78, 5) is 12.9. The van der Waals surface area contributed by atoms with E-state index in [2.05, 4.69) is 20.8 Å². The summed E-state index contributed by atoms with van der Waals surface area (Å²) >= 11 is 0. The van der Waals surface area contributed by atoms with E-state index >= 15 is 0 Å². The zero-order valence-corrected chi connectivity index (χ0v) is 12.1. The largest absolute Gasteiger partial charge is 0.294 e. The molecule has 4 atom stereocenters. The topological polar surface area (TPSA) is 17.1 Å². The molecule has 2 bridgehead atoms. The molecule has 0 unspecified atom stereocenters. The normalized spacial score (nSPS) is 45.0. The van der Waals surface area contributed by atoms with Crippen molar-refractivity contribution in [1.82, 2.24) is 0 Å². The van der Waals surface area contributed by atoms with Crippen molar-refractivity contribution < 1.29 is 4.79 Å². The first kappa shape index (κ1) is 11.7. The summed E-state index contributed by atoms with van der Waals surface area (Å²) in [6, 6.07) is 9.93. The van der Waals surface area contributed by atoms with Gasteiger partial charge in [0.05, 0.1) is 0 Å². The molecule has 1 heteroatoms. The lowest BCUT2D eigenvalue weighted by Gasteiger charge is -2.61. The number of Topliss-reactive ketones (excluding diaryl/α,β-unsaturated/α-hetero) is 1. The molecule has 0 amide bonds. The summed E-state index contributed by atoms with van der Waals surface area (Å²) in [6.45, 7) is 7.19. The van der Waals surface area contributed by atoms with E-state index in [0.717, 1.165) is 30.2 Å². The predicted octanol–water partition coefficient (Wildman–Crippen LogP) is 4.33. The smallest absolute Gasteiger partial charge is 0.169 e. The van der Waals surface area contributed by atoms with Crippen molar-refractivity contribution in [2.75, 3.05) is 0 Å². The number of benzene rings is 1. The van der Waals surface area contributed by atoms with Crippen LogP contribution >= 0.6 is 0 Å². The summed E-state index contributed by atoms with van der Waals surface area (Å²) in [5.41, 5.74) is 1.65. The first-order valence-electron chi connectivity index (χ1n) is 7.52. The van der Waals surface area contributed by atoms with Crippen molar-refractivity contribution in [1.29, 1.82) is 0 Å². The molecule has 0 aromatic heterocycles. The Morgan fingerprint density at radius 1 is 1.16 bits per heavy atom. The van der Waals surface area contributed by atoms with Gasteiger partial charge < -0.3 is 0 Å². The average Bonchev–Trinajstić information content (AvgIpc) is 3.06. The summed E-state index contributed by atoms with van der Waals surface area (Å²) in [6.07, 6.45) is 3.60. The van der Waals surface area contributed by atoms with E-state index < -0.39 is 0 Å². The highest BCUT2D eigenvalue weighted by molar-refractivity contribution is 6.03. The zero-order valence-electron chi connectivity index (χ0n) is 12.1. The van der Waals surface area contributed by atoms with Crippen molar-refractivity contribution in [3.63, 3.8) is 0 Å². The van der Waals surface area contributed by atoms with E-state index in [0.29, 0.717) is 11.2 Å². The Hall–Kier alpha value is -1.11. The fourth-order valence-electron chi connectivity index (χ4n) is 5.51. The highest BCUT2D eigenvalue weighted by Crippen LogP contribution is 2.84. The maximum Gasteiger partial charge on any atom is 0.169 e. The van der Waals surface area contributed by atoms with E-state index in [1.807, 2.05) is 30.3 Å². The van der Waals surface area contributed by atoms with Gasteiger partial charge in [0.25, 0.3) is 0 Å². The van der Waals surface area contributed by atoms with Crippen molar-refractivity contribution in [3.05, 3.63) is 35.9 Å². The highest BCUT2D eigenvalue weighted by Gasteiger charge is 2.80. The lowest BCUT2D eigenvalue weighted by atomic mass is 9.43. The second-order valence-corrected chi connectivity index (χ2v) is 7.88. The van der Waals surface area contributed by atoms with Crippen molar-refractivity contribution in [2.45, 2.75) is 40.0 Å². The summed E-state index contributed by atoms with van der Waals surface area (Å²) in [5.74, 6) is 1.94. The molecule has 5 rings (SSSR count). The molecule has 4 saturated carbocycles. The standard InChI is InChI=1S/C18H22O/c1-16(2)13-9-14(16)17(3)11-18(17,10-13)15(19)12-7-5-4-6-8-12/h4-8,13-14H,9-11H2,1-3H3/t13-,14-,17-,18-/m1/s1. The second kappa shape index (κ2) is 3.13. The molecule has 0 saturated heterocycles. The number of hydrogen-bond acceptors (Lipinski definition) is 1. The third-order valence-corrected chi connectivity index (χ3v) is 6.94. The van der Waals surface area contributed by atoms with Gasteiger partial charge in [0.2, 0.25) is 0 Å². The molecule has 1 aromatic carbocycles. The Balaban J connectivity index is 1.71. The fraction of sp³-hybridized carbons (Fsp3) is 0.611. The molecule has 100 valence electrons. The highest BCUT2D eigenvalue weighted by atomic mass is 16.1. The molecule has 0 radical (unpaired) electrons. The molecule has 0 aliphatic heterocycles. The van der Waals surface area contributed by atoms with Crippen LogP contribution in [0, 0.1) is 28.1 Å². The van der Waals surface area contributed by atoms with Crippen LogP contribution in [0.15, 0.2) is 30.3 Å². The van der Waals surface area contributed by atoms with Crippen LogP contribution in [-0.2, 0) is 0 Å². The van der Waals surface area contributed by atoms with Gasteiger partial charge in [-0.05, 0) is 41.9 Å². The van der Waals surface area contributed by atoms with Gasteiger partial charge in [-0.3, -0.25) is 4.79 Å². The van der Waals surface area contributed by atoms with Crippen LogP contribution in [0.2, 0.25) is 0 Å². The van der Waals surface area contributed by atoms with Crippen molar-refractivity contribution >= 4 is 5.78 Å². The predicted molar refractivity (Wildman–Crippen MR) is 75.9 cm³/mol. The van der Waals surface area contributed by atoms with Gasteiger partial charge in [0.1, 0.15) is 0 Å². The number of carbonyl (C=O) groups excluding carboxylic acids is 1. The van der Waals surface area contributed by atoms with E-state index in [9.17, 15) is 4.79 Å². The van der Waals surface area contributed by atoms with Gasteiger partial charge >= 0.3 is 0 Å². The fourth-order valence-corrected chi connectivity index (χ4v) is 5.51. The van der Waals surface area contributed by atoms with Crippen LogP contribution < -0.4 is 0 Å². The lowest BCUT2D eigenvalue weighted by Crippen LogP contribution is -2.56. The molecule has 0 spiro atoms. The summed E-state index contributed by atoms with van der Waals surface area (Å²) in [5, 5.41) is 0. The quantitative estimate of drug-likeness (QED) is 0.718. The minimum atomic E-state index is -0.0164. The van der Waals surface area contributed by atoms with Gasteiger partial charge in [-0.15, -0.1) is 0 Å². The maximum absolute atomic E-state index is 12.9. The maximum atomic E-state index is 12.9. The molecule has 1 aromatic rings. The van der Waals surface area contributed by atoms with Crippen molar-refractivity contribution in [3.8, 4) is 0 Å². The summed E-state index contributed by atoms with van der Waals surface area (Å²) in [7, 11) is 0. The van der Waals surface area contributed by atoms with Crippen LogP contribution in [0.25, 0.3) is 0 Å². The van der Waals surface area contributed by atoms with E-state index in [1.165, 1.54) is 6.42 Å². The van der Waals surface area contributed by atoms with Gasteiger partial charge in [0.15, 0.2) is 5.78 Å². The molecule has 0 N–H and O–H groups in total. The second-order valence-electron chi connectivity index (χ2n) is 7.88. The average molecular weight is 254 g/mol. The molecule has 4 aliphatic rings. The minimum absolute atomic E-state index is 0.0164. The third-order valence-electron chi connectivity index (χ3n) is 6.94. The number of hydrogen-bond donors (Lipinski definition) is 0. The van der Waals surface area contributed by atoms with Crippen LogP contribution in [0.3, 0.4) is 0 Å². The zero-order chi connectivity index (χ0) is 13.5. The van der Waals surface area contributed by atoms with Crippen LogP contribution in [0.4, 0.5) is 0 Å². The van der Waals surface area contributed by atoms with Crippen molar-refractivity contribution in [2.24, 2.45) is 28.1 Å². The molecular weight excluding hydrogens is 232 g/mol. The molecule has 0 heterocycles. The van der Waals surface area contributed by atoms with Gasteiger partial charge in [-0.25, -0.2) is 0 Å². The molecule has 4 fully saturated rings. The Morgan fingerprint density at radius 3 is 2.42 bits per heavy atom. The van der Waals surface area contributed by atoms with E-state index in [-0.39, 0.29) is 10.8 Å². The number of ketones is 1. The Morgan fingerprint density at radius 2 is 1.84 bits per heavy atom. The molecule has 19 heavy (non-hydrogen) atoms. The Bertz CT molecular complexity index is 558. The molecular formula is C18H22O. The lowest BCUT2D eigenvalue weighted by molar-refractivity contribution is -0.120. The van der Waals surface area contributed by atoms with Crippen LogP contribution in [-0.4, -0.2) is 5.78 Å².